The molecule has 0 saturated carbocycles. The molecule has 0 N–H and O–H groups in total. The van der Waals surface area contributed by atoms with Crippen molar-refractivity contribution in [3.63, 3.8) is 0 Å². The van der Waals surface area contributed by atoms with Gasteiger partial charge in [-0.1, -0.05) is 27.3 Å². The minimum atomic E-state index is 0.676. The van der Waals surface area contributed by atoms with Gasteiger partial charge < -0.3 is 4.72 Å². The van der Waals surface area contributed by atoms with Crippen LogP contribution in [0.15, 0.2) is 0 Å². The van der Waals surface area contributed by atoms with Crippen LogP contribution in [-0.4, -0.2) is 25.5 Å². The zero-order valence-electron chi connectivity index (χ0n) is 6.60. The first-order valence-electron chi connectivity index (χ1n) is 3.27. The molecule has 0 saturated heterocycles. The van der Waals surface area contributed by atoms with Crippen LogP contribution in [0.3, 0.4) is 0 Å². The average molecular weight is 111 g/mol. The van der Waals surface area contributed by atoms with E-state index in [4.69, 9.17) is 0 Å². The van der Waals surface area contributed by atoms with E-state index in [0.29, 0.717) is 13.7 Å². The van der Waals surface area contributed by atoms with Crippen molar-refractivity contribution in [1.82, 2.24) is 4.72 Å². The predicted molar refractivity (Wildman–Crippen MR) is 42.7 cm³/mol. The fourth-order valence-electron chi connectivity index (χ4n) is 0.596. The van der Waals surface area contributed by atoms with Gasteiger partial charge in [-0.2, -0.15) is 0 Å². The molecule has 0 radical (unpaired) electrons. The zero-order chi connectivity index (χ0) is 6.73. The van der Waals surface area contributed by atoms with Crippen molar-refractivity contribution < 1.29 is 0 Å². The Morgan fingerprint density at radius 2 is 1.12 bits per heavy atom. The molecule has 0 aromatic heterocycles. The maximum absolute atomic E-state index is 2.33. The van der Waals surface area contributed by atoms with Gasteiger partial charge in [0, 0.05) is 0 Å². The van der Waals surface area contributed by atoms with Gasteiger partial charge in [0.05, 0.1) is 0 Å². The quantitative estimate of drug-likeness (QED) is 0.487. The SMILES string of the molecule is CB(C)N(C)B(C)C. The third kappa shape index (κ3) is 2.41. The van der Waals surface area contributed by atoms with Gasteiger partial charge in [0.1, 0.15) is 0 Å². The molecule has 0 aliphatic heterocycles. The summed E-state index contributed by atoms with van der Waals surface area (Å²) in [5, 5.41) is 0. The van der Waals surface area contributed by atoms with E-state index in [0.717, 1.165) is 0 Å². The van der Waals surface area contributed by atoms with Crippen LogP contribution in [-0.2, 0) is 0 Å². The topological polar surface area (TPSA) is 3.24 Å². The normalized spacial score (nSPS) is 9.75. The summed E-state index contributed by atoms with van der Waals surface area (Å²) < 4.78 is 2.33. The highest BCUT2D eigenvalue weighted by Gasteiger charge is 2.11. The van der Waals surface area contributed by atoms with Crippen LogP contribution in [0.25, 0.3) is 0 Å². The Balaban J connectivity index is 3.46. The van der Waals surface area contributed by atoms with Crippen molar-refractivity contribution in [3.8, 4) is 0 Å². The number of nitrogens with zero attached hydrogens (tertiary/aromatic N) is 1. The molecule has 0 amide bonds. The smallest absolute Gasteiger partial charge is 0.205 e. The molecule has 0 aliphatic carbocycles. The summed E-state index contributed by atoms with van der Waals surface area (Å²) in [4.78, 5) is 0. The zero-order valence-corrected chi connectivity index (χ0v) is 6.60. The van der Waals surface area contributed by atoms with Crippen LogP contribution in [0.4, 0.5) is 0 Å². The van der Waals surface area contributed by atoms with E-state index < -0.39 is 0 Å². The molecule has 1 nitrogen and oxygen atoms in total. The molecule has 0 heterocycles. The summed E-state index contributed by atoms with van der Waals surface area (Å²) in [6.45, 7) is 10.2. The van der Waals surface area contributed by atoms with Crippen LogP contribution in [0, 0.1) is 0 Å². The Morgan fingerprint density at radius 1 is 0.875 bits per heavy atom. The molecule has 0 fully saturated rings. The molecule has 8 heavy (non-hydrogen) atoms. The second-order valence-corrected chi connectivity index (χ2v) is 2.85. The second-order valence-electron chi connectivity index (χ2n) is 2.85. The highest BCUT2D eigenvalue weighted by molar-refractivity contribution is 6.69. The molecule has 0 unspecified atom stereocenters. The monoisotopic (exact) mass is 111 g/mol. The van der Waals surface area contributed by atoms with Crippen LogP contribution in [0.5, 0.6) is 0 Å². The van der Waals surface area contributed by atoms with E-state index in [-0.39, 0.29) is 0 Å². The highest BCUT2D eigenvalue weighted by atomic mass is 14.9. The molecule has 0 aromatic rings. The lowest BCUT2D eigenvalue weighted by Gasteiger charge is -2.20. The summed E-state index contributed by atoms with van der Waals surface area (Å²) in [6.07, 6.45) is 0. The Morgan fingerprint density at radius 3 is 1.12 bits per heavy atom. The lowest BCUT2D eigenvalue weighted by Crippen LogP contribution is -2.39. The van der Waals surface area contributed by atoms with E-state index in [2.05, 4.69) is 39.1 Å². The van der Waals surface area contributed by atoms with E-state index in [1.54, 1.807) is 0 Å². The van der Waals surface area contributed by atoms with Gasteiger partial charge in [-0.15, -0.1) is 0 Å². The maximum Gasteiger partial charge on any atom is 0.205 e. The van der Waals surface area contributed by atoms with Gasteiger partial charge in [-0.05, 0) is 7.05 Å². The lowest BCUT2D eigenvalue weighted by atomic mass is 9.52. The first-order valence-corrected chi connectivity index (χ1v) is 3.27. The molecule has 0 spiro atoms. The summed E-state index contributed by atoms with van der Waals surface area (Å²) in [6, 6.07) is 0. The third-order valence-electron chi connectivity index (χ3n) is 1.63. The van der Waals surface area contributed by atoms with Crippen molar-refractivity contribution in [2.75, 3.05) is 7.05 Å². The van der Waals surface area contributed by atoms with Gasteiger partial charge in [0.25, 0.3) is 0 Å². The predicted octanol–water partition coefficient (Wildman–Crippen LogP) is 1.42. The lowest BCUT2D eigenvalue weighted by molar-refractivity contribution is 0.810. The van der Waals surface area contributed by atoms with Gasteiger partial charge in [-0.25, -0.2) is 0 Å². The van der Waals surface area contributed by atoms with Gasteiger partial charge >= 0.3 is 0 Å². The van der Waals surface area contributed by atoms with Gasteiger partial charge in [0.15, 0.2) is 0 Å². The van der Waals surface area contributed by atoms with Crippen molar-refractivity contribution in [2.24, 2.45) is 0 Å². The van der Waals surface area contributed by atoms with Crippen LogP contribution < -0.4 is 0 Å². The fraction of sp³-hybridized carbons (Fsp3) is 1.00. The minimum Gasteiger partial charge on any atom is -0.387 e. The largest absolute Gasteiger partial charge is 0.387 e. The first-order chi connectivity index (χ1) is 3.55. The molecular formula is C5H15B2N. The number of rotatable bonds is 2. The van der Waals surface area contributed by atoms with Crippen molar-refractivity contribution >= 4 is 13.7 Å². The molecule has 0 bridgehead atoms. The molecule has 0 rings (SSSR count). The fourth-order valence-corrected chi connectivity index (χ4v) is 0.596. The standard InChI is InChI=1S/C5H15B2N/c1-6(2)8(5)7(3)4/h1-5H3. The van der Waals surface area contributed by atoms with Crippen molar-refractivity contribution in [1.29, 1.82) is 0 Å². The van der Waals surface area contributed by atoms with E-state index in [9.17, 15) is 0 Å². The van der Waals surface area contributed by atoms with Crippen LogP contribution in [0.1, 0.15) is 0 Å². The summed E-state index contributed by atoms with van der Waals surface area (Å²) in [5.74, 6) is 0. The summed E-state index contributed by atoms with van der Waals surface area (Å²) >= 11 is 0. The molecule has 46 valence electrons. The van der Waals surface area contributed by atoms with Crippen molar-refractivity contribution in [2.45, 2.75) is 27.3 Å². The molecule has 3 heteroatoms. The second kappa shape index (κ2) is 3.18. The highest BCUT2D eigenvalue weighted by Crippen LogP contribution is 1.93. The van der Waals surface area contributed by atoms with Crippen LogP contribution in [0.2, 0.25) is 27.3 Å². The Bertz CT molecular complexity index is 55.4. The van der Waals surface area contributed by atoms with Gasteiger partial charge in [0.2, 0.25) is 13.7 Å². The Hall–Kier alpha value is 0.0899. The first kappa shape index (κ1) is 8.09. The Labute approximate surface area is 53.6 Å². The van der Waals surface area contributed by atoms with E-state index in [1.807, 2.05) is 0 Å². The Kier molecular flexibility index (Phi) is 3.22. The maximum atomic E-state index is 2.33. The molecular weight excluding hydrogens is 95.7 g/mol. The summed E-state index contributed by atoms with van der Waals surface area (Å²) in [5.41, 5.74) is 0. The average Bonchev–Trinajstić information content (AvgIpc) is 1.64. The van der Waals surface area contributed by atoms with Crippen molar-refractivity contribution in [3.05, 3.63) is 0 Å². The minimum absolute atomic E-state index is 0.676. The molecule has 0 aliphatic rings. The molecule has 0 aromatic carbocycles. The third-order valence-corrected chi connectivity index (χ3v) is 1.63. The number of hydrogen-bond donors (Lipinski definition) is 0. The van der Waals surface area contributed by atoms with Gasteiger partial charge in [-0.3, -0.25) is 0 Å². The van der Waals surface area contributed by atoms with E-state index in [1.165, 1.54) is 0 Å². The van der Waals surface area contributed by atoms with E-state index >= 15 is 0 Å². The van der Waals surface area contributed by atoms with Crippen LogP contribution >= 0.6 is 0 Å². The number of hydrogen-bond acceptors (Lipinski definition) is 1. The molecule has 0 atom stereocenters. The summed E-state index contributed by atoms with van der Waals surface area (Å²) in [7, 11) is 2.15.